The van der Waals surface area contributed by atoms with Crippen LogP contribution in [0.25, 0.3) is 5.78 Å². The second-order valence-electron chi connectivity index (χ2n) is 4.49. The van der Waals surface area contributed by atoms with Gasteiger partial charge in [-0.3, -0.25) is 10.1 Å². The van der Waals surface area contributed by atoms with Crippen LogP contribution in [0.15, 0.2) is 36.7 Å². The average Bonchev–Trinajstić information content (AvgIpc) is 2.93. The van der Waals surface area contributed by atoms with E-state index in [4.69, 9.17) is 0 Å². The van der Waals surface area contributed by atoms with Crippen molar-refractivity contribution in [1.82, 2.24) is 19.6 Å². The quantitative estimate of drug-likeness (QED) is 0.580. The zero-order chi connectivity index (χ0) is 14.8. The number of nitro benzene ring substituents is 1. The van der Waals surface area contributed by atoms with Crippen LogP contribution in [0.2, 0.25) is 0 Å². The van der Waals surface area contributed by atoms with Gasteiger partial charge in [-0.05, 0) is 6.92 Å². The molecule has 2 heterocycles. The molecule has 8 nitrogen and oxygen atoms in total. The van der Waals surface area contributed by atoms with E-state index in [2.05, 4.69) is 20.4 Å². The Hall–Kier alpha value is -3.03. The molecule has 0 fully saturated rings. The Bertz CT molecular complexity index is 813. The molecule has 0 aliphatic rings. The molecule has 3 aromatic rings. The Balaban J connectivity index is 1.90. The molecule has 0 spiro atoms. The van der Waals surface area contributed by atoms with Crippen molar-refractivity contribution in [2.24, 2.45) is 0 Å². The Labute approximate surface area is 119 Å². The van der Waals surface area contributed by atoms with Crippen LogP contribution < -0.4 is 5.32 Å². The first-order valence-corrected chi connectivity index (χ1v) is 6.28. The van der Waals surface area contributed by atoms with Gasteiger partial charge in [0.25, 0.3) is 11.5 Å². The number of nitrogens with zero attached hydrogens (tertiary/aromatic N) is 5. The number of rotatable bonds is 4. The van der Waals surface area contributed by atoms with Crippen molar-refractivity contribution in [2.75, 3.05) is 5.32 Å². The minimum absolute atomic E-state index is 0.0885. The van der Waals surface area contributed by atoms with Crippen LogP contribution in [0.4, 0.5) is 11.5 Å². The summed E-state index contributed by atoms with van der Waals surface area (Å²) in [6.07, 6.45) is 1.41. The first kappa shape index (κ1) is 13.0. The molecule has 0 aliphatic carbocycles. The highest BCUT2D eigenvalue weighted by Crippen LogP contribution is 2.19. The van der Waals surface area contributed by atoms with Gasteiger partial charge in [-0.2, -0.15) is 14.6 Å². The minimum Gasteiger partial charge on any atom is -0.366 e. The summed E-state index contributed by atoms with van der Waals surface area (Å²) in [5.41, 5.74) is 1.48. The fourth-order valence-corrected chi connectivity index (χ4v) is 2.08. The molecular weight excluding hydrogens is 272 g/mol. The van der Waals surface area contributed by atoms with Crippen molar-refractivity contribution >= 4 is 17.3 Å². The predicted octanol–water partition coefficient (Wildman–Crippen LogP) is 1.95. The number of para-hydroxylation sites is 1. The van der Waals surface area contributed by atoms with Gasteiger partial charge in [-0.15, -0.1) is 0 Å². The van der Waals surface area contributed by atoms with E-state index >= 15 is 0 Å². The van der Waals surface area contributed by atoms with E-state index in [1.165, 1.54) is 12.4 Å². The van der Waals surface area contributed by atoms with Gasteiger partial charge in [-0.25, -0.2) is 4.98 Å². The van der Waals surface area contributed by atoms with Crippen molar-refractivity contribution in [2.45, 2.75) is 13.5 Å². The molecule has 106 valence electrons. The molecule has 0 saturated heterocycles. The second kappa shape index (κ2) is 5.16. The fourth-order valence-electron chi connectivity index (χ4n) is 2.08. The van der Waals surface area contributed by atoms with Crippen molar-refractivity contribution in [3.63, 3.8) is 0 Å². The average molecular weight is 284 g/mol. The fraction of sp³-hybridized carbons (Fsp3) is 0.154. The summed E-state index contributed by atoms with van der Waals surface area (Å²) in [6.45, 7) is 2.17. The third kappa shape index (κ3) is 2.50. The monoisotopic (exact) mass is 284 g/mol. The molecule has 8 heteroatoms. The van der Waals surface area contributed by atoms with E-state index in [1.807, 2.05) is 13.0 Å². The van der Waals surface area contributed by atoms with Crippen molar-refractivity contribution in [1.29, 1.82) is 0 Å². The number of aryl methyl sites for hydroxylation is 1. The predicted molar refractivity (Wildman–Crippen MR) is 75.9 cm³/mol. The van der Waals surface area contributed by atoms with E-state index in [0.29, 0.717) is 23.7 Å². The summed E-state index contributed by atoms with van der Waals surface area (Å²) in [5, 5.41) is 18.2. The Morgan fingerprint density at radius 1 is 1.38 bits per heavy atom. The number of nitro groups is 1. The minimum atomic E-state index is -0.389. The van der Waals surface area contributed by atoms with E-state index in [-0.39, 0.29) is 10.6 Å². The smallest absolute Gasteiger partial charge is 0.274 e. The van der Waals surface area contributed by atoms with Gasteiger partial charge < -0.3 is 5.32 Å². The maximum absolute atomic E-state index is 11.0. The summed E-state index contributed by atoms with van der Waals surface area (Å²) in [7, 11) is 0. The lowest BCUT2D eigenvalue weighted by molar-refractivity contribution is -0.385. The molecule has 2 aromatic heterocycles. The van der Waals surface area contributed by atoms with Crippen molar-refractivity contribution < 1.29 is 4.92 Å². The van der Waals surface area contributed by atoms with Gasteiger partial charge in [0.05, 0.1) is 4.92 Å². The van der Waals surface area contributed by atoms with Crippen LogP contribution in [0.5, 0.6) is 0 Å². The number of fused-ring (bicyclic) bond motifs is 1. The normalized spacial score (nSPS) is 10.7. The molecule has 0 aliphatic heterocycles. The van der Waals surface area contributed by atoms with Gasteiger partial charge in [0.1, 0.15) is 12.1 Å². The zero-order valence-electron chi connectivity index (χ0n) is 11.2. The SMILES string of the molecule is Cc1cc(NCc2ccccc2[N+](=O)[O-])n2ncnc2n1. The number of hydrogen-bond acceptors (Lipinski definition) is 6. The van der Waals surface area contributed by atoms with Gasteiger partial charge in [0, 0.05) is 29.9 Å². The lowest BCUT2D eigenvalue weighted by Gasteiger charge is -2.09. The van der Waals surface area contributed by atoms with E-state index in [0.717, 1.165) is 5.69 Å². The molecule has 0 saturated carbocycles. The highest BCUT2D eigenvalue weighted by molar-refractivity contribution is 5.47. The van der Waals surface area contributed by atoms with Crippen LogP contribution in [-0.2, 0) is 6.54 Å². The van der Waals surface area contributed by atoms with Crippen LogP contribution >= 0.6 is 0 Å². The standard InChI is InChI=1S/C13H12N6O2/c1-9-6-12(18-13(17-9)15-8-16-18)14-7-10-4-2-3-5-11(10)19(20)21/h2-6,8,14H,7H2,1H3. The van der Waals surface area contributed by atoms with Gasteiger partial charge in [0.2, 0.25) is 0 Å². The second-order valence-corrected chi connectivity index (χ2v) is 4.49. The van der Waals surface area contributed by atoms with E-state index in [1.54, 1.807) is 22.7 Å². The number of benzene rings is 1. The Morgan fingerprint density at radius 3 is 3.00 bits per heavy atom. The third-order valence-corrected chi connectivity index (χ3v) is 3.03. The lowest BCUT2D eigenvalue weighted by atomic mass is 10.2. The number of anilines is 1. The molecule has 1 N–H and O–H groups in total. The Kier molecular flexibility index (Phi) is 3.19. The maximum atomic E-state index is 11.0. The highest BCUT2D eigenvalue weighted by atomic mass is 16.6. The van der Waals surface area contributed by atoms with Crippen LogP contribution in [0.1, 0.15) is 11.3 Å². The molecule has 21 heavy (non-hydrogen) atoms. The van der Waals surface area contributed by atoms with Crippen LogP contribution in [0.3, 0.4) is 0 Å². The molecule has 0 radical (unpaired) electrons. The molecular formula is C13H12N6O2. The number of nitrogens with one attached hydrogen (secondary N) is 1. The summed E-state index contributed by atoms with van der Waals surface area (Å²) in [5.74, 6) is 1.17. The van der Waals surface area contributed by atoms with Gasteiger partial charge in [0.15, 0.2) is 0 Å². The summed E-state index contributed by atoms with van der Waals surface area (Å²) in [6, 6.07) is 8.44. The first-order valence-electron chi connectivity index (χ1n) is 6.28. The number of hydrogen-bond donors (Lipinski definition) is 1. The largest absolute Gasteiger partial charge is 0.366 e. The molecule has 1 aromatic carbocycles. The Morgan fingerprint density at radius 2 is 2.19 bits per heavy atom. The summed E-state index contributed by atoms with van der Waals surface area (Å²) >= 11 is 0. The molecule has 3 rings (SSSR count). The first-order chi connectivity index (χ1) is 10.1. The number of aromatic nitrogens is 4. The lowest BCUT2D eigenvalue weighted by Crippen LogP contribution is -2.08. The topological polar surface area (TPSA) is 98.2 Å². The van der Waals surface area contributed by atoms with Crippen molar-refractivity contribution in [3.8, 4) is 0 Å². The third-order valence-electron chi connectivity index (χ3n) is 3.03. The van der Waals surface area contributed by atoms with Gasteiger partial charge >= 0.3 is 0 Å². The highest BCUT2D eigenvalue weighted by Gasteiger charge is 2.13. The van der Waals surface area contributed by atoms with E-state index < -0.39 is 0 Å². The van der Waals surface area contributed by atoms with E-state index in [9.17, 15) is 10.1 Å². The summed E-state index contributed by atoms with van der Waals surface area (Å²) in [4.78, 5) is 18.9. The zero-order valence-corrected chi connectivity index (χ0v) is 11.2. The molecule has 0 unspecified atom stereocenters. The molecule has 0 bridgehead atoms. The molecule has 0 atom stereocenters. The van der Waals surface area contributed by atoms with Crippen molar-refractivity contribution in [3.05, 3.63) is 58.0 Å². The van der Waals surface area contributed by atoms with Crippen LogP contribution in [0, 0.1) is 17.0 Å². The van der Waals surface area contributed by atoms with Crippen LogP contribution in [-0.4, -0.2) is 24.5 Å². The molecule has 0 amide bonds. The van der Waals surface area contributed by atoms with Gasteiger partial charge in [-0.1, -0.05) is 18.2 Å². The maximum Gasteiger partial charge on any atom is 0.274 e. The summed E-state index contributed by atoms with van der Waals surface area (Å²) < 4.78 is 1.56.